The molecule has 7 heteroatoms. The molecule has 0 aliphatic carbocycles. The zero-order valence-corrected chi connectivity index (χ0v) is 14.6. The van der Waals surface area contributed by atoms with Crippen molar-refractivity contribution in [1.29, 1.82) is 0 Å². The molecule has 24 heavy (non-hydrogen) atoms. The van der Waals surface area contributed by atoms with Crippen LogP contribution in [0.25, 0.3) is 0 Å². The monoisotopic (exact) mass is 332 g/mol. The van der Waals surface area contributed by atoms with Gasteiger partial charge in [-0.2, -0.15) is 5.10 Å². The summed E-state index contributed by atoms with van der Waals surface area (Å²) in [6, 6.07) is 8.91. The van der Waals surface area contributed by atoms with Gasteiger partial charge in [0.05, 0.1) is 17.7 Å². The van der Waals surface area contributed by atoms with Gasteiger partial charge in [-0.15, -0.1) is 0 Å². The lowest BCUT2D eigenvalue weighted by molar-refractivity contribution is -0.0982. The average molecular weight is 332 g/mol. The Kier molecular flexibility index (Phi) is 5.69. The minimum Gasteiger partial charge on any atom is -0.492 e. The smallest absolute Gasteiger partial charge is 0.491 e. The first-order chi connectivity index (χ1) is 11.2. The Morgan fingerprint density at radius 2 is 1.83 bits per heavy atom. The molecule has 2 N–H and O–H groups in total. The molecule has 2 aromatic rings. The first-order valence-corrected chi connectivity index (χ1v) is 7.97. The van der Waals surface area contributed by atoms with Gasteiger partial charge in [-0.25, -0.2) is 0 Å². The van der Waals surface area contributed by atoms with Gasteiger partial charge in [0.25, 0.3) is 0 Å². The number of nitrogens with zero attached hydrogens (tertiary/aromatic N) is 2. The van der Waals surface area contributed by atoms with Crippen LogP contribution >= 0.6 is 0 Å². The van der Waals surface area contributed by atoms with Crippen molar-refractivity contribution in [2.24, 2.45) is 0 Å². The van der Waals surface area contributed by atoms with E-state index in [1.807, 2.05) is 12.3 Å². The van der Waals surface area contributed by atoms with E-state index < -0.39 is 18.3 Å². The number of benzene rings is 1. The van der Waals surface area contributed by atoms with Crippen LogP contribution in [0.2, 0.25) is 0 Å². The third-order valence-corrected chi connectivity index (χ3v) is 4.19. The van der Waals surface area contributed by atoms with Crippen molar-refractivity contribution in [3.63, 3.8) is 0 Å². The fourth-order valence-electron chi connectivity index (χ4n) is 1.91. The molecule has 130 valence electrons. The molecule has 0 aliphatic heterocycles. The molecule has 0 bridgehead atoms. The summed E-state index contributed by atoms with van der Waals surface area (Å²) in [6.45, 7) is 7.95. The van der Waals surface area contributed by atoms with E-state index in [0.29, 0.717) is 24.4 Å². The summed E-state index contributed by atoms with van der Waals surface area (Å²) in [4.78, 5) is 0. The van der Waals surface area contributed by atoms with Crippen LogP contribution in [0.3, 0.4) is 0 Å². The van der Waals surface area contributed by atoms with Gasteiger partial charge in [-0.3, -0.25) is 4.68 Å². The third kappa shape index (κ3) is 4.83. The van der Waals surface area contributed by atoms with Crippen LogP contribution in [0.4, 0.5) is 0 Å². The third-order valence-electron chi connectivity index (χ3n) is 4.19. The first-order valence-electron chi connectivity index (χ1n) is 7.97. The molecule has 0 amide bonds. The summed E-state index contributed by atoms with van der Waals surface area (Å²) in [5.41, 5.74) is -1.37. The molecule has 0 fully saturated rings. The van der Waals surface area contributed by atoms with E-state index >= 15 is 0 Å². The highest BCUT2D eigenvalue weighted by Crippen LogP contribution is 2.25. The zero-order chi connectivity index (χ0) is 17.8. The maximum absolute atomic E-state index is 10.2. The van der Waals surface area contributed by atoms with Gasteiger partial charge in [0.15, 0.2) is 0 Å². The summed E-state index contributed by atoms with van der Waals surface area (Å²) in [5.74, 6) is 0.708. The normalized spacial score (nSPS) is 12.2. The van der Waals surface area contributed by atoms with E-state index in [2.05, 4.69) is 5.10 Å². The van der Waals surface area contributed by atoms with Gasteiger partial charge in [0.2, 0.25) is 0 Å². The van der Waals surface area contributed by atoms with E-state index in [1.165, 1.54) is 0 Å². The molecule has 0 spiro atoms. The maximum Gasteiger partial charge on any atom is 0.491 e. The molecule has 0 aliphatic rings. The molecule has 0 saturated carbocycles. The molecule has 2 rings (SSSR count). The molecule has 1 aromatic heterocycles. The fourth-order valence-corrected chi connectivity index (χ4v) is 1.91. The SMILES string of the molecule is CC(C)(O)C(C)(C)OB(O)c1ccc(OCCn2cccn2)cc1. The van der Waals surface area contributed by atoms with Crippen molar-refractivity contribution in [2.75, 3.05) is 6.61 Å². The largest absolute Gasteiger partial charge is 0.492 e. The highest BCUT2D eigenvalue weighted by Gasteiger charge is 2.39. The van der Waals surface area contributed by atoms with Gasteiger partial charge in [0, 0.05) is 12.4 Å². The quantitative estimate of drug-likeness (QED) is 0.711. The Labute approximate surface area is 143 Å². The summed E-state index contributed by atoms with van der Waals surface area (Å²) in [6.07, 6.45) is 3.61. The summed E-state index contributed by atoms with van der Waals surface area (Å²) in [5, 5.41) is 24.4. The van der Waals surface area contributed by atoms with Crippen molar-refractivity contribution >= 4 is 12.6 Å². The second kappa shape index (κ2) is 7.38. The molecule has 6 nitrogen and oxygen atoms in total. The Morgan fingerprint density at radius 1 is 1.17 bits per heavy atom. The Hall–Kier alpha value is -1.83. The lowest BCUT2D eigenvalue weighted by Gasteiger charge is -2.38. The molecule has 0 unspecified atom stereocenters. The highest BCUT2D eigenvalue weighted by molar-refractivity contribution is 6.60. The van der Waals surface area contributed by atoms with E-state index in [4.69, 9.17) is 9.39 Å². The van der Waals surface area contributed by atoms with Crippen LogP contribution in [0.1, 0.15) is 27.7 Å². The predicted molar refractivity (Wildman–Crippen MR) is 93.2 cm³/mol. The van der Waals surface area contributed by atoms with E-state index in [-0.39, 0.29) is 0 Å². The lowest BCUT2D eigenvalue weighted by atomic mass is 9.76. The second-order valence-electron chi connectivity index (χ2n) is 6.73. The molecular weight excluding hydrogens is 307 g/mol. The van der Waals surface area contributed by atoms with E-state index in [0.717, 1.165) is 0 Å². The Bertz CT molecular complexity index is 621. The van der Waals surface area contributed by atoms with Crippen molar-refractivity contribution in [3.05, 3.63) is 42.7 Å². The van der Waals surface area contributed by atoms with Crippen molar-refractivity contribution in [2.45, 2.75) is 45.4 Å². The second-order valence-corrected chi connectivity index (χ2v) is 6.73. The lowest BCUT2D eigenvalue weighted by Crippen LogP contribution is -2.53. The summed E-state index contributed by atoms with van der Waals surface area (Å²) in [7, 11) is -1.12. The number of hydrogen-bond acceptors (Lipinski definition) is 5. The minimum atomic E-state index is -1.12. The standard InChI is InChI=1S/C17H25BN2O4/c1-16(2,21)17(3,4)24-18(22)14-6-8-15(9-7-14)23-13-12-20-11-5-10-19-20/h5-11,21-22H,12-13H2,1-4H3. The molecule has 1 heterocycles. The van der Waals surface area contributed by atoms with Crippen molar-refractivity contribution in [3.8, 4) is 5.75 Å². The van der Waals surface area contributed by atoms with Crippen molar-refractivity contribution < 1.29 is 19.5 Å². The zero-order valence-electron chi connectivity index (χ0n) is 14.6. The van der Waals surface area contributed by atoms with Crippen LogP contribution in [0.15, 0.2) is 42.7 Å². The van der Waals surface area contributed by atoms with Crippen LogP contribution in [-0.4, -0.2) is 44.8 Å². The number of ether oxygens (including phenoxy) is 1. The summed E-state index contributed by atoms with van der Waals surface area (Å²) >= 11 is 0. The van der Waals surface area contributed by atoms with Gasteiger partial charge in [-0.1, -0.05) is 12.1 Å². The maximum atomic E-state index is 10.2. The Morgan fingerprint density at radius 3 is 2.38 bits per heavy atom. The number of rotatable bonds is 8. The molecule has 0 atom stereocenters. The molecule has 0 saturated heterocycles. The van der Waals surface area contributed by atoms with Gasteiger partial charge < -0.3 is 19.5 Å². The van der Waals surface area contributed by atoms with Gasteiger partial charge >= 0.3 is 7.12 Å². The number of hydrogen-bond donors (Lipinski definition) is 2. The topological polar surface area (TPSA) is 76.7 Å². The van der Waals surface area contributed by atoms with Crippen LogP contribution in [0.5, 0.6) is 5.75 Å². The van der Waals surface area contributed by atoms with Crippen LogP contribution in [0, 0.1) is 0 Å². The van der Waals surface area contributed by atoms with Crippen LogP contribution in [-0.2, 0) is 11.2 Å². The minimum absolute atomic E-state index is 0.506. The molecule has 0 radical (unpaired) electrons. The van der Waals surface area contributed by atoms with E-state index in [9.17, 15) is 10.1 Å². The molecule has 1 aromatic carbocycles. The Balaban J connectivity index is 1.89. The van der Waals surface area contributed by atoms with Crippen LogP contribution < -0.4 is 10.2 Å². The predicted octanol–water partition coefficient (Wildman–Crippen LogP) is 1.22. The summed E-state index contributed by atoms with van der Waals surface area (Å²) < 4.78 is 13.1. The number of aromatic nitrogens is 2. The highest BCUT2D eigenvalue weighted by atomic mass is 16.5. The molecular formula is C17H25BN2O4. The average Bonchev–Trinajstić information content (AvgIpc) is 2.99. The fraction of sp³-hybridized carbons (Fsp3) is 0.471. The van der Waals surface area contributed by atoms with Gasteiger partial charge in [0.1, 0.15) is 12.4 Å². The first kappa shape index (κ1) is 18.5. The van der Waals surface area contributed by atoms with Crippen molar-refractivity contribution in [1.82, 2.24) is 9.78 Å². The number of aliphatic hydroxyl groups is 1. The van der Waals surface area contributed by atoms with E-state index in [1.54, 1.807) is 62.8 Å². The van der Waals surface area contributed by atoms with Gasteiger partial charge in [-0.05, 0) is 51.4 Å².